The highest BCUT2D eigenvalue weighted by atomic mass is 16.5. The summed E-state index contributed by atoms with van der Waals surface area (Å²) in [6.45, 7) is 0. The molecule has 0 atom stereocenters. The summed E-state index contributed by atoms with van der Waals surface area (Å²) in [5.41, 5.74) is 4.62. The van der Waals surface area contributed by atoms with Crippen LogP contribution in [0.4, 0.5) is 0 Å². The molecule has 136 valence electrons. The fraction of sp³-hybridized carbons (Fsp3) is 0.0476. The minimum atomic E-state index is -0.247. The molecule has 0 fully saturated rings. The summed E-state index contributed by atoms with van der Waals surface area (Å²) in [6, 6.07) is 13.4. The molecule has 0 saturated heterocycles. The van der Waals surface area contributed by atoms with Crippen LogP contribution in [-0.4, -0.2) is 31.6 Å². The van der Waals surface area contributed by atoms with Crippen molar-refractivity contribution >= 4 is 21.9 Å². The summed E-state index contributed by atoms with van der Waals surface area (Å²) in [7, 11) is 1.55. The topological polar surface area (TPSA) is 85.7 Å². The molecule has 0 spiro atoms. The molecule has 1 aromatic carbocycles. The Morgan fingerprint density at radius 1 is 1.00 bits per heavy atom. The highest BCUT2D eigenvalue weighted by Crippen LogP contribution is 2.28. The lowest BCUT2D eigenvalue weighted by molar-refractivity contribution is 0.398. The number of fused-ring (bicyclic) bond motifs is 3. The van der Waals surface area contributed by atoms with Gasteiger partial charge in [-0.2, -0.15) is 0 Å². The van der Waals surface area contributed by atoms with Gasteiger partial charge in [-0.05, 0) is 29.8 Å². The molecule has 0 unspecified atom stereocenters. The van der Waals surface area contributed by atoms with Gasteiger partial charge in [-0.3, -0.25) is 14.5 Å². The van der Waals surface area contributed by atoms with Gasteiger partial charge in [-0.25, -0.2) is 9.78 Å². The minimum absolute atomic E-state index is 0.247. The Bertz CT molecular complexity index is 1360. The van der Waals surface area contributed by atoms with Crippen LogP contribution in [-0.2, 0) is 0 Å². The van der Waals surface area contributed by atoms with Crippen molar-refractivity contribution in [1.29, 1.82) is 0 Å². The molecule has 4 heterocycles. The van der Waals surface area contributed by atoms with Gasteiger partial charge in [-0.15, -0.1) is 0 Å². The maximum atomic E-state index is 12.7. The Kier molecular flexibility index (Phi) is 3.65. The second-order valence-corrected chi connectivity index (χ2v) is 6.32. The number of methoxy groups -OCH3 is 1. The predicted octanol–water partition coefficient (Wildman–Crippen LogP) is 3.33. The van der Waals surface area contributed by atoms with Crippen molar-refractivity contribution in [3.05, 3.63) is 77.7 Å². The molecule has 7 heteroatoms. The van der Waals surface area contributed by atoms with Crippen molar-refractivity contribution in [3.63, 3.8) is 0 Å². The molecule has 0 aliphatic heterocycles. The summed E-state index contributed by atoms with van der Waals surface area (Å²) >= 11 is 0. The highest BCUT2D eigenvalue weighted by molar-refractivity contribution is 6.04. The standard InChI is InChI=1S/C21H15N5O2/c1-28-19-7-5-15(11-24-19)26-20-16-9-13(14-3-2-8-22-10-14)4-6-17(16)23-12-18(20)25-21(26)27/h2-12H,1H3,(H,25,27). The maximum Gasteiger partial charge on any atom is 0.331 e. The van der Waals surface area contributed by atoms with Crippen LogP contribution in [0.15, 0.2) is 72.0 Å². The van der Waals surface area contributed by atoms with E-state index in [1.807, 2.05) is 36.5 Å². The Balaban J connectivity index is 1.81. The zero-order chi connectivity index (χ0) is 19.1. The Morgan fingerprint density at radius 3 is 2.68 bits per heavy atom. The van der Waals surface area contributed by atoms with Crippen LogP contribution in [0.1, 0.15) is 0 Å². The van der Waals surface area contributed by atoms with E-state index >= 15 is 0 Å². The molecule has 7 nitrogen and oxygen atoms in total. The molecule has 5 rings (SSSR count). The molecular formula is C21H15N5O2. The van der Waals surface area contributed by atoms with Crippen LogP contribution < -0.4 is 10.4 Å². The summed E-state index contributed by atoms with van der Waals surface area (Å²) in [6.07, 6.45) is 6.85. The zero-order valence-electron chi connectivity index (χ0n) is 15.0. The van der Waals surface area contributed by atoms with Crippen molar-refractivity contribution in [2.24, 2.45) is 0 Å². The van der Waals surface area contributed by atoms with Gasteiger partial charge in [-0.1, -0.05) is 12.1 Å². The molecule has 4 aromatic heterocycles. The number of aromatic amines is 1. The number of benzene rings is 1. The number of H-pyrrole nitrogens is 1. The zero-order valence-corrected chi connectivity index (χ0v) is 15.0. The monoisotopic (exact) mass is 369 g/mol. The summed E-state index contributed by atoms with van der Waals surface area (Å²) in [5, 5.41) is 0.869. The van der Waals surface area contributed by atoms with Crippen molar-refractivity contribution in [1.82, 2.24) is 24.5 Å². The molecule has 0 radical (unpaired) electrons. The van der Waals surface area contributed by atoms with Gasteiger partial charge in [0.25, 0.3) is 0 Å². The van der Waals surface area contributed by atoms with E-state index in [-0.39, 0.29) is 5.69 Å². The highest BCUT2D eigenvalue weighted by Gasteiger charge is 2.14. The lowest BCUT2D eigenvalue weighted by Gasteiger charge is -2.08. The molecule has 0 aliphatic carbocycles. The minimum Gasteiger partial charge on any atom is -0.481 e. The second kappa shape index (κ2) is 6.31. The smallest absolute Gasteiger partial charge is 0.331 e. The van der Waals surface area contributed by atoms with Gasteiger partial charge in [0.05, 0.1) is 41.7 Å². The SMILES string of the molecule is COc1ccc(-n2c(=O)[nH]c3cnc4ccc(-c5cccnc5)cc4c32)cn1. The van der Waals surface area contributed by atoms with Crippen LogP contribution in [0, 0.1) is 0 Å². The van der Waals surface area contributed by atoms with Crippen molar-refractivity contribution < 1.29 is 4.74 Å². The van der Waals surface area contributed by atoms with E-state index in [4.69, 9.17) is 4.74 Å². The molecule has 1 N–H and O–H groups in total. The first-order valence-corrected chi connectivity index (χ1v) is 8.69. The first kappa shape index (κ1) is 16.2. The van der Waals surface area contributed by atoms with Gasteiger partial charge in [0.2, 0.25) is 5.88 Å². The maximum absolute atomic E-state index is 12.7. The fourth-order valence-electron chi connectivity index (χ4n) is 3.37. The summed E-state index contributed by atoms with van der Waals surface area (Å²) in [4.78, 5) is 28.5. The number of rotatable bonds is 3. The van der Waals surface area contributed by atoms with Gasteiger partial charge in [0.15, 0.2) is 0 Å². The second-order valence-electron chi connectivity index (χ2n) is 6.32. The number of nitrogens with one attached hydrogen (secondary N) is 1. The van der Waals surface area contributed by atoms with Gasteiger partial charge in [0.1, 0.15) is 0 Å². The molecule has 0 bridgehead atoms. The van der Waals surface area contributed by atoms with Gasteiger partial charge >= 0.3 is 5.69 Å². The van der Waals surface area contributed by atoms with Crippen molar-refractivity contribution in [2.45, 2.75) is 0 Å². The van der Waals surface area contributed by atoms with Gasteiger partial charge in [0, 0.05) is 29.4 Å². The van der Waals surface area contributed by atoms with Crippen molar-refractivity contribution in [3.8, 4) is 22.7 Å². The van der Waals surface area contributed by atoms with Crippen molar-refractivity contribution in [2.75, 3.05) is 7.11 Å². The number of imidazole rings is 1. The Morgan fingerprint density at radius 2 is 1.93 bits per heavy atom. The largest absolute Gasteiger partial charge is 0.481 e. The number of nitrogens with zero attached hydrogens (tertiary/aromatic N) is 4. The van der Waals surface area contributed by atoms with Crippen LogP contribution in [0.5, 0.6) is 5.88 Å². The third-order valence-electron chi connectivity index (χ3n) is 4.69. The van der Waals surface area contributed by atoms with E-state index in [9.17, 15) is 4.79 Å². The van der Waals surface area contributed by atoms with E-state index in [2.05, 4.69) is 19.9 Å². The molecule has 0 aliphatic rings. The van der Waals surface area contributed by atoms with Crippen LogP contribution in [0.3, 0.4) is 0 Å². The lowest BCUT2D eigenvalue weighted by atomic mass is 10.0. The average molecular weight is 369 g/mol. The fourth-order valence-corrected chi connectivity index (χ4v) is 3.37. The number of ether oxygens (including phenoxy) is 1. The first-order chi connectivity index (χ1) is 13.7. The number of hydrogen-bond acceptors (Lipinski definition) is 5. The van der Waals surface area contributed by atoms with E-state index in [0.717, 1.165) is 27.5 Å². The number of hydrogen-bond donors (Lipinski definition) is 1. The number of aromatic nitrogens is 5. The predicted molar refractivity (Wildman–Crippen MR) is 107 cm³/mol. The third-order valence-corrected chi connectivity index (χ3v) is 4.69. The summed E-state index contributed by atoms with van der Waals surface area (Å²) in [5.74, 6) is 0.488. The van der Waals surface area contributed by atoms with Gasteiger partial charge < -0.3 is 9.72 Å². The number of pyridine rings is 3. The Labute approximate surface area is 159 Å². The van der Waals surface area contributed by atoms with Crippen LogP contribution >= 0.6 is 0 Å². The molecule has 0 saturated carbocycles. The van der Waals surface area contributed by atoms with E-state index in [1.165, 1.54) is 0 Å². The first-order valence-electron chi connectivity index (χ1n) is 8.69. The summed E-state index contributed by atoms with van der Waals surface area (Å²) < 4.78 is 6.73. The van der Waals surface area contributed by atoms with Crippen LogP contribution in [0.25, 0.3) is 38.8 Å². The molecule has 5 aromatic rings. The average Bonchev–Trinajstić information content (AvgIpc) is 3.10. The van der Waals surface area contributed by atoms with Crippen LogP contribution in [0.2, 0.25) is 0 Å². The third kappa shape index (κ3) is 2.52. The Hall–Kier alpha value is -4.00. The molecular weight excluding hydrogens is 354 g/mol. The normalized spacial score (nSPS) is 11.2. The van der Waals surface area contributed by atoms with E-state index in [1.54, 1.807) is 42.4 Å². The van der Waals surface area contributed by atoms with E-state index in [0.29, 0.717) is 17.1 Å². The molecule has 0 amide bonds. The quantitative estimate of drug-likeness (QED) is 0.527. The van der Waals surface area contributed by atoms with E-state index < -0.39 is 0 Å². The lowest BCUT2D eigenvalue weighted by Crippen LogP contribution is -2.14. The molecule has 28 heavy (non-hydrogen) atoms.